The van der Waals surface area contributed by atoms with E-state index in [2.05, 4.69) is 20.3 Å². The van der Waals surface area contributed by atoms with Crippen molar-refractivity contribution in [3.63, 3.8) is 0 Å². The van der Waals surface area contributed by atoms with Gasteiger partial charge in [0.05, 0.1) is 28.0 Å². The van der Waals surface area contributed by atoms with Crippen LogP contribution < -0.4 is 11.1 Å². The lowest BCUT2D eigenvalue weighted by Gasteiger charge is -2.09. The Morgan fingerprint density at radius 2 is 2.04 bits per heavy atom. The van der Waals surface area contributed by atoms with Gasteiger partial charge in [-0.3, -0.25) is 0 Å². The van der Waals surface area contributed by atoms with Crippen LogP contribution in [0.5, 0.6) is 0 Å². The van der Waals surface area contributed by atoms with E-state index in [1.807, 2.05) is 41.0 Å². The number of rotatable bonds is 5. The van der Waals surface area contributed by atoms with Gasteiger partial charge in [0.2, 0.25) is 0 Å². The summed E-state index contributed by atoms with van der Waals surface area (Å²) in [6, 6.07) is 11.8. The zero-order valence-electron chi connectivity index (χ0n) is 14.2. The van der Waals surface area contributed by atoms with Crippen LogP contribution >= 0.6 is 11.3 Å². The summed E-state index contributed by atoms with van der Waals surface area (Å²) < 4.78 is 1.94. The van der Waals surface area contributed by atoms with Crippen molar-refractivity contribution in [3.8, 4) is 21.8 Å². The number of nitrogens with one attached hydrogen (secondary N) is 1. The number of nitrogens with two attached hydrogens (primary N) is 1. The van der Waals surface area contributed by atoms with Crippen LogP contribution in [-0.4, -0.2) is 37.3 Å². The molecule has 136 valence electrons. The Labute approximate surface area is 158 Å². The fourth-order valence-electron chi connectivity index (χ4n) is 2.89. The summed E-state index contributed by atoms with van der Waals surface area (Å²) in [6.45, 7) is 0.733. The number of nitrogens with zero attached hydrogens (tertiary/aromatic N) is 4. The van der Waals surface area contributed by atoms with E-state index < -0.39 is 6.09 Å². The summed E-state index contributed by atoms with van der Waals surface area (Å²) in [7, 11) is 0. The van der Waals surface area contributed by atoms with Gasteiger partial charge in [0.25, 0.3) is 0 Å². The molecule has 3 aromatic heterocycles. The molecule has 27 heavy (non-hydrogen) atoms. The molecule has 0 saturated carbocycles. The highest BCUT2D eigenvalue weighted by molar-refractivity contribution is 7.21. The molecule has 9 heteroatoms. The minimum atomic E-state index is -1.05. The van der Waals surface area contributed by atoms with Crippen LogP contribution in [0.4, 0.5) is 10.6 Å². The summed E-state index contributed by atoms with van der Waals surface area (Å²) in [4.78, 5) is 25.4. The summed E-state index contributed by atoms with van der Waals surface area (Å²) >= 11 is 1.50. The van der Waals surface area contributed by atoms with Crippen LogP contribution in [0.25, 0.3) is 32.0 Å². The zero-order chi connectivity index (χ0) is 18.8. The lowest BCUT2D eigenvalue weighted by atomic mass is 10.1. The van der Waals surface area contributed by atoms with E-state index in [-0.39, 0.29) is 6.54 Å². The SMILES string of the molecule is Nc1ncnc2sc(-c3c(-c4ccccc4)ncn3CCNC(=O)O)cc12. The third-order valence-corrected chi connectivity index (χ3v) is 5.16. The van der Waals surface area contributed by atoms with Crippen molar-refractivity contribution >= 4 is 33.5 Å². The largest absolute Gasteiger partial charge is 0.465 e. The van der Waals surface area contributed by atoms with Gasteiger partial charge in [0, 0.05) is 18.7 Å². The fourth-order valence-corrected chi connectivity index (χ4v) is 3.96. The number of carbonyl (C=O) groups is 1. The predicted molar refractivity (Wildman–Crippen MR) is 105 cm³/mol. The highest BCUT2D eigenvalue weighted by Gasteiger charge is 2.18. The van der Waals surface area contributed by atoms with Gasteiger partial charge >= 0.3 is 6.09 Å². The number of hydrogen-bond acceptors (Lipinski definition) is 6. The van der Waals surface area contributed by atoms with E-state index >= 15 is 0 Å². The second-order valence-corrected chi connectivity index (χ2v) is 6.85. The molecule has 0 bridgehead atoms. The average Bonchev–Trinajstić information content (AvgIpc) is 3.27. The van der Waals surface area contributed by atoms with Crippen LogP contribution in [0.1, 0.15) is 0 Å². The number of carboxylic acid groups (broad SMARTS) is 1. The molecular formula is C18H16N6O2S. The topological polar surface area (TPSA) is 119 Å². The van der Waals surface area contributed by atoms with Crippen LogP contribution in [0.3, 0.4) is 0 Å². The van der Waals surface area contributed by atoms with E-state index in [0.29, 0.717) is 12.4 Å². The maximum absolute atomic E-state index is 10.8. The third kappa shape index (κ3) is 3.32. The van der Waals surface area contributed by atoms with Gasteiger partial charge in [-0.2, -0.15) is 0 Å². The number of amides is 1. The number of hydrogen-bond donors (Lipinski definition) is 3. The fraction of sp³-hybridized carbons (Fsp3) is 0.111. The van der Waals surface area contributed by atoms with Gasteiger partial charge in [-0.25, -0.2) is 19.7 Å². The zero-order valence-corrected chi connectivity index (χ0v) is 15.0. The summed E-state index contributed by atoms with van der Waals surface area (Å²) in [5, 5.41) is 12.0. The summed E-state index contributed by atoms with van der Waals surface area (Å²) in [5.41, 5.74) is 8.68. The predicted octanol–water partition coefficient (Wildman–Crippen LogP) is 3.07. The van der Waals surface area contributed by atoms with Gasteiger partial charge in [-0.05, 0) is 6.07 Å². The van der Waals surface area contributed by atoms with E-state index in [9.17, 15) is 4.79 Å². The number of anilines is 1. The van der Waals surface area contributed by atoms with Crippen molar-refractivity contribution in [2.24, 2.45) is 0 Å². The Morgan fingerprint density at radius 1 is 1.22 bits per heavy atom. The van der Waals surface area contributed by atoms with E-state index in [4.69, 9.17) is 10.8 Å². The number of thiophene rings is 1. The Bertz CT molecular complexity index is 1110. The summed E-state index contributed by atoms with van der Waals surface area (Å²) in [5.74, 6) is 0.433. The molecule has 4 N–H and O–H groups in total. The average molecular weight is 380 g/mol. The van der Waals surface area contributed by atoms with Crippen molar-refractivity contribution < 1.29 is 9.90 Å². The number of nitrogen functional groups attached to an aromatic ring is 1. The molecule has 1 aromatic carbocycles. The molecule has 0 saturated heterocycles. The monoisotopic (exact) mass is 380 g/mol. The Balaban J connectivity index is 1.83. The molecule has 4 aromatic rings. The minimum Gasteiger partial charge on any atom is -0.465 e. The molecule has 0 atom stereocenters. The second-order valence-electron chi connectivity index (χ2n) is 5.82. The summed E-state index contributed by atoms with van der Waals surface area (Å²) in [6.07, 6.45) is 2.12. The molecule has 4 rings (SSSR count). The van der Waals surface area contributed by atoms with Crippen molar-refractivity contribution in [1.82, 2.24) is 24.8 Å². The van der Waals surface area contributed by atoms with Crippen LogP contribution in [0, 0.1) is 0 Å². The molecule has 0 aliphatic rings. The first-order valence-corrected chi connectivity index (χ1v) is 9.03. The molecule has 1 amide bonds. The number of aromatic nitrogens is 4. The molecule has 0 aliphatic carbocycles. The highest BCUT2D eigenvalue weighted by atomic mass is 32.1. The quantitative estimate of drug-likeness (QED) is 0.489. The number of fused-ring (bicyclic) bond motifs is 1. The normalized spacial score (nSPS) is 11.0. The molecule has 3 heterocycles. The molecule has 8 nitrogen and oxygen atoms in total. The van der Waals surface area contributed by atoms with Crippen LogP contribution in [-0.2, 0) is 6.54 Å². The van der Waals surface area contributed by atoms with E-state index in [1.54, 1.807) is 6.33 Å². The lowest BCUT2D eigenvalue weighted by molar-refractivity contribution is 0.194. The second kappa shape index (κ2) is 7.04. The van der Waals surface area contributed by atoms with E-state index in [0.717, 1.165) is 32.0 Å². The van der Waals surface area contributed by atoms with Crippen molar-refractivity contribution in [2.45, 2.75) is 6.54 Å². The first kappa shape index (κ1) is 17.0. The van der Waals surface area contributed by atoms with Crippen molar-refractivity contribution in [1.29, 1.82) is 0 Å². The Morgan fingerprint density at radius 3 is 2.78 bits per heavy atom. The lowest BCUT2D eigenvalue weighted by Crippen LogP contribution is -2.25. The third-order valence-electron chi connectivity index (χ3n) is 4.11. The van der Waals surface area contributed by atoms with Crippen molar-refractivity contribution in [2.75, 3.05) is 12.3 Å². The van der Waals surface area contributed by atoms with Gasteiger partial charge in [0.1, 0.15) is 17.0 Å². The minimum absolute atomic E-state index is 0.278. The standard InChI is InChI=1S/C18H16N6O2S/c19-16-12-8-13(27-17(12)22-9-21-16)15-14(11-4-2-1-3-5-11)23-10-24(15)7-6-20-18(25)26/h1-5,8-10,20H,6-7H2,(H,25,26)(H2,19,21,22). The number of benzene rings is 1. The van der Waals surface area contributed by atoms with Crippen LogP contribution in [0.2, 0.25) is 0 Å². The Kier molecular flexibility index (Phi) is 4.43. The number of imidazole rings is 1. The van der Waals surface area contributed by atoms with Gasteiger partial charge in [-0.15, -0.1) is 11.3 Å². The van der Waals surface area contributed by atoms with E-state index in [1.165, 1.54) is 17.7 Å². The van der Waals surface area contributed by atoms with Gasteiger partial charge in [0.15, 0.2) is 0 Å². The Hall–Kier alpha value is -3.46. The van der Waals surface area contributed by atoms with Crippen LogP contribution in [0.15, 0.2) is 49.1 Å². The van der Waals surface area contributed by atoms with Crippen molar-refractivity contribution in [3.05, 3.63) is 49.1 Å². The van der Waals surface area contributed by atoms with Gasteiger partial charge < -0.3 is 20.7 Å². The maximum Gasteiger partial charge on any atom is 0.404 e. The van der Waals surface area contributed by atoms with Gasteiger partial charge in [-0.1, -0.05) is 30.3 Å². The maximum atomic E-state index is 10.8. The smallest absolute Gasteiger partial charge is 0.404 e. The molecule has 0 spiro atoms. The molecule has 0 aliphatic heterocycles. The molecule has 0 unspecified atom stereocenters. The molecule has 0 fully saturated rings. The highest BCUT2D eigenvalue weighted by Crippen LogP contribution is 2.38. The molecular weight excluding hydrogens is 364 g/mol. The first-order valence-electron chi connectivity index (χ1n) is 8.21. The first-order chi connectivity index (χ1) is 13.1. The molecule has 0 radical (unpaired) electrons.